The van der Waals surface area contributed by atoms with E-state index in [0.29, 0.717) is 17.2 Å². The van der Waals surface area contributed by atoms with Crippen LogP contribution in [0.15, 0.2) is 47.0 Å². The Morgan fingerprint density at radius 1 is 1.09 bits per heavy atom. The topological polar surface area (TPSA) is 99.9 Å². The van der Waals surface area contributed by atoms with Crippen LogP contribution in [0.4, 0.5) is 18.9 Å². The van der Waals surface area contributed by atoms with Gasteiger partial charge in [-0.25, -0.2) is 4.79 Å². The third-order valence-corrected chi connectivity index (χ3v) is 4.79. The molecule has 0 radical (unpaired) electrons. The van der Waals surface area contributed by atoms with Crippen molar-refractivity contribution in [1.82, 2.24) is 5.16 Å². The van der Waals surface area contributed by atoms with Crippen molar-refractivity contribution >= 4 is 17.6 Å². The summed E-state index contributed by atoms with van der Waals surface area (Å²) in [5.41, 5.74) is 0.0885. The molecule has 0 fully saturated rings. The first-order chi connectivity index (χ1) is 16.1. The van der Waals surface area contributed by atoms with E-state index in [1.165, 1.54) is 37.4 Å². The molecule has 3 rings (SSSR count). The maximum Gasteiger partial charge on any atom is 0.418 e. The van der Waals surface area contributed by atoms with Crippen molar-refractivity contribution < 1.29 is 41.5 Å². The molecule has 0 unspecified atom stereocenters. The number of aryl methyl sites for hydroxylation is 2. The smallest absolute Gasteiger partial charge is 0.418 e. The second-order valence-electron chi connectivity index (χ2n) is 7.12. The molecule has 0 aliphatic rings. The van der Waals surface area contributed by atoms with E-state index in [9.17, 15) is 22.8 Å². The molecule has 1 heterocycles. The van der Waals surface area contributed by atoms with Gasteiger partial charge in [0.1, 0.15) is 12.4 Å². The Balaban J connectivity index is 1.61. The van der Waals surface area contributed by atoms with Crippen LogP contribution in [0, 0.1) is 13.8 Å². The van der Waals surface area contributed by atoms with Crippen molar-refractivity contribution in [1.29, 1.82) is 0 Å². The first kappa shape index (κ1) is 24.6. The van der Waals surface area contributed by atoms with Gasteiger partial charge in [0.2, 0.25) is 0 Å². The van der Waals surface area contributed by atoms with Crippen LogP contribution in [0.3, 0.4) is 0 Å². The fourth-order valence-electron chi connectivity index (χ4n) is 3.01. The van der Waals surface area contributed by atoms with Crippen molar-refractivity contribution in [2.24, 2.45) is 0 Å². The number of methoxy groups -OCH3 is 1. The Morgan fingerprint density at radius 3 is 2.47 bits per heavy atom. The van der Waals surface area contributed by atoms with Crippen molar-refractivity contribution in [3.63, 3.8) is 0 Å². The van der Waals surface area contributed by atoms with Crippen LogP contribution >= 0.6 is 0 Å². The van der Waals surface area contributed by atoms with Crippen molar-refractivity contribution in [3.05, 3.63) is 70.6 Å². The zero-order valence-electron chi connectivity index (χ0n) is 18.5. The second-order valence-corrected chi connectivity index (χ2v) is 7.12. The summed E-state index contributed by atoms with van der Waals surface area (Å²) < 4.78 is 60.1. The number of rotatable bonds is 8. The maximum absolute atomic E-state index is 13.0. The summed E-state index contributed by atoms with van der Waals surface area (Å²) in [5, 5.41) is 5.95. The number of para-hydroxylation sites is 1. The predicted molar refractivity (Wildman–Crippen MR) is 114 cm³/mol. The molecule has 3 aromatic rings. The van der Waals surface area contributed by atoms with Crippen LogP contribution in [0.1, 0.15) is 32.9 Å². The highest BCUT2D eigenvalue weighted by Crippen LogP contribution is 2.34. The summed E-state index contributed by atoms with van der Waals surface area (Å²) in [5.74, 6) is -0.579. The summed E-state index contributed by atoms with van der Waals surface area (Å²) in [6.45, 7) is 2.93. The van der Waals surface area contributed by atoms with Crippen LogP contribution in [-0.2, 0) is 22.3 Å². The van der Waals surface area contributed by atoms with E-state index < -0.39 is 35.9 Å². The van der Waals surface area contributed by atoms with Crippen molar-refractivity contribution in [2.75, 3.05) is 19.0 Å². The lowest BCUT2D eigenvalue weighted by molar-refractivity contribution is -0.137. The fraction of sp³-hybridized carbons (Fsp3) is 0.261. The molecule has 2 aromatic carbocycles. The number of esters is 1. The summed E-state index contributed by atoms with van der Waals surface area (Å²) in [4.78, 5) is 24.4. The molecule has 0 spiro atoms. The molecule has 0 saturated heterocycles. The monoisotopic (exact) mass is 478 g/mol. The molecule has 1 amide bonds. The molecular weight excluding hydrogens is 457 g/mol. The number of hydrogen-bond donors (Lipinski definition) is 1. The zero-order chi connectivity index (χ0) is 24.9. The summed E-state index contributed by atoms with van der Waals surface area (Å²) in [6, 6.07) is 8.75. The van der Waals surface area contributed by atoms with Gasteiger partial charge in [0.25, 0.3) is 5.91 Å². The van der Waals surface area contributed by atoms with Gasteiger partial charge < -0.3 is 24.1 Å². The van der Waals surface area contributed by atoms with E-state index in [2.05, 4.69) is 10.5 Å². The van der Waals surface area contributed by atoms with Gasteiger partial charge in [-0.1, -0.05) is 17.3 Å². The highest BCUT2D eigenvalue weighted by molar-refractivity contribution is 5.96. The number of ether oxygens (including phenoxy) is 3. The molecule has 1 aromatic heterocycles. The fourth-order valence-corrected chi connectivity index (χ4v) is 3.01. The molecule has 0 saturated carbocycles. The van der Waals surface area contributed by atoms with Crippen molar-refractivity contribution in [3.8, 4) is 11.5 Å². The summed E-state index contributed by atoms with van der Waals surface area (Å²) >= 11 is 0. The first-order valence-corrected chi connectivity index (χ1v) is 9.96. The third-order valence-electron chi connectivity index (χ3n) is 4.79. The standard InChI is InChI=1S/C23H21F3N2O6/c1-13-16(14(2)34-28-13)11-32-19-9-8-15(10-20(19)31-3)22(30)33-12-21(29)27-18-7-5-4-6-17(18)23(24,25)26/h4-10H,11-12H2,1-3H3,(H,27,29). The number of nitrogens with one attached hydrogen (secondary N) is 1. The number of halogens is 3. The lowest BCUT2D eigenvalue weighted by atomic mass is 10.1. The van der Waals surface area contributed by atoms with Gasteiger partial charge in [0, 0.05) is 0 Å². The average molecular weight is 478 g/mol. The van der Waals surface area contributed by atoms with Gasteiger partial charge in [0.05, 0.1) is 35.2 Å². The van der Waals surface area contributed by atoms with Gasteiger partial charge in [0.15, 0.2) is 18.1 Å². The first-order valence-electron chi connectivity index (χ1n) is 9.96. The molecule has 11 heteroatoms. The highest BCUT2D eigenvalue weighted by Gasteiger charge is 2.33. The number of aromatic nitrogens is 1. The molecule has 0 aliphatic carbocycles. The quantitative estimate of drug-likeness (QED) is 0.469. The van der Waals surface area contributed by atoms with E-state index in [0.717, 1.165) is 17.7 Å². The molecule has 0 bridgehead atoms. The Kier molecular flexibility index (Phi) is 7.44. The van der Waals surface area contributed by atoms with Crippen LogP contribution in [0.2, 0.25) is 0 Å². The van der Waals surface area contributed by atoms with Crippen LogP contribution in [0.25, 0.3) is 0 Å². The largest absolute Gasteiger partial charge is 0.493 e. The second kappa shape index (κ2) is 10.3. The third kappa shape index (κ3) is 5.85. The minimum atomic E-state index is -4.65. The normalized spacial score (nSPS) is 11.1. The van der Waals surface area contributed by atoms with Crippen LogP contribution in [-0.4, -0.2) is 30.7 Å². The predicted octanol–water partition coefficient (Wildman–Crippen LogP) is 4.69. The van der Waals surface area contributed by atoms with Crippen LogP contribution < -0.4 is 14.8 Å². The van der Waals surface area contributed by atoms with Gasteiger partial charge in [-0.3, -0.25) is 4.79 Å². The molecule has 34 heavy (non-hydrogen) atoms. The number of alkyl halides is 3. The zero-order valence-corrected chi connectivity index (χ0v) is 18.5. The Bertz CT molecular complexity index is 1170. The Morgan fingerprint density at radius 2 is 1.82 bits per heavy atom. The lowest BCUT2D eigenvalue weighted by Crippen LogP contribution is -2.22. The molecule has 8 nitrogen and oxygen atoms in total. The number of benzene rings is 2. The minimum Gasteiger partial charge on any atom is -0.493 e. The van der Waals surface area contributed by atoms with E-state index >= 15 is 0 Å². The summed E-state index contributed by atoms with van der Waals surface area (Å²) in [7, 11) is 1.39. The molecule has 0 atom stereocenters. The van der Waals surface area contributed by atoms with E-state index in [1.807, 2.05) is 0 Å². The molecular formula is C23H21F3N2O6. The van der Waals surface area contributed by atoms with Gasteiger partial charge in [-0.05, 0) is 44.2 Å². The number of anilines is 1. The van der Waals surface area contributed by atoms with E-state index in [1.54, 1.807) is 13.8 Å². The van der Waals surface area contributed by atoms with Crippen LogP contribution in [0.5, 0.6) is 11.5 Å². The highest BCUT2D eigenvalue weighted by atomic mass is 19.4. The number of carbonyl (C=O) groups excluding carboxylic acids is 2. The molecule has 0 aliphatic heterocycles. The maximum atomic E-state index is 13.0. The Hall–Kier alpha value is -4.02. The van der Waals surface area contributed by atoms with E-state index in [4.69, 9.17) is 18.7 Å². The summed E-state index contributed by atoms with van der Waals surface area (Å²) in [6.07, 6.45) is -4.65. The lowest BCUT2D eigenvalue weighted by Gasteiger charge is -2.14. The SMILES string of the molecule is COc1cc(C(=O)OCC(=O)Nc2ccccc2C(F)(F)F)ccc1OCc1c(C)noc1C. The molecule has 180 valence electrons. The number of carbonyl (C=O) groups is 2. The average Bonchev–Trinajstić information content (AvgIpc) is 3.12. The van der Waals surface area contributed by atoms with Gasteiger partial charge in [-0.15, -0.1) is 0 Å². The van der Waals surface area contributed by atoms with Gasteiger partial charge >= 0.3 is 12.1 Å². The number of nitrogens with zero attached hydrogens (tertiary/aromatic N) is 1. The minimum absolute atomic E-state index is 0.0602. The molecule has 1 N–H and O–H groups in total. The Labute approximate surface area is 192 Å². The van der Waals surface area contributed by atoms with E-state index in [-0.39, 0.29) is 17.9 Å². The number of amides is 1. The number of hydrogen-bond acceptors (Lipinski definition) is 7. The van der Waals surface area contributed by atoms with Gasteiger partial charge in [-0.2, -0.15) is 13.2 Å². The van der Waals surface area contributed by atoms with Crippen molar-refractivity contribution in [2.45, 2.75) is 26.6 Å².